The van der Waals surface area contributed by atoms with E-state index in [0.29, 0.717) is 24.6 Å². The van der Waals surface area contributed by atoms with Gasteiger partial charge >= 0.3 is 0 Å². The highest BCUT2D eigenvalue weighted by molar-refractivity contribution is 7.99. The first-order valence-corrected chi connectivity index (χ1v) is 10.8. The molecule has 0 bridgehead atoms. The molecule has 29 heavy (non-hydrogen) atoms. The quantitative estimate of drug-likeness (QED) is 0.566. The maximum absolute atomic E-state index is 12.2. The van der Waals surface area contributed by atoms with E-state index in [4.69, 9.17) is 0 Å². The molecule has 0 saturated carbocycles. The standard InChI is InChI=1S/C23H27N3O2S/c1-17-21(18(2)26(25-17)14-19-9-5-3-6-10-19)13-24-23(28)16-29-15-22(27)20-11-7-4-8-12-20/h3-12,22,27H,13-16H2,1-2H3,(H,24,28). The number of carbonyl (C=O) groups excluding carboxylic acids is 1. The molecule has 1 aromatic heterocycles. The van der Waals surface area contributed by atoms with E-state index in [1.807, 2.05) is 67.1 Å². The minimum absolute atomic E-state index is 0.0372. The topological polar surface area (TPSA) is 67.2 Å². The Hall–Kier alpha value is -2.57. The van der Waals surface area contributed by atoms with Gasteiger partial charge in [0.05, 0.1) is 24.1 Å². The van der Waals surface area contributed by atoms with Crippen LogP contribution in [0.3, 0.4) is 0 Å². The van der Waals surface area contributed by atoms with Crippen LogP contribution in [-0.2, 0) is 17.9 Å². The van der Waals surface area contributed by atoms with Gasteiger partial charge in [-0.05, 0) is 25.0 Å². The average Bonchev–Trinajstić information content (AvgIpc) is 3.00. The van der Waals surface area contributed by atoms with Crippen LogP contribution in [0, 0.1) is 13.8 Å². The molecule has 1 amide bonds. The Morgan fingerprint density at radius 3 is 2.45 bits per heavy atom. The molecule has 1 heterocycles. The molecule has 0 spiro atoms. The van der Waals surface area contributed by atoms with E-state index in [-0.39, 0.29) is 5.91 Å². The zero-order chi connectivity index (χ0) is 20.6. The summed E-state index contributed by atoms with van der Waals surface area (Å²) in [4.78, 5) is 12.2. The number of thioether (sulfide) groups is 1. The van der Waals surface area contributed by atoms with E-state index in [0.717, 1.165) is 22.5 Å². The van der Waals surface area contributed by atoms with Crippen molar-refractivity contribution in [2.45, 2.75) is 33.0 Å². The second-order valence-corrected chi connectivity index (χ2v) is 8.04. The summed E-state index contributed by atoms with van der Waals surface area (Å²) in [5.74, 6) is 0.773. The van der Waals surface area contributed by atoms with Gasteiger partial charge in [0, 0.05) is 23.6 Å². The Labute approximate surface area is 176 Å². The number of nitrogens with one attached hydrogen (secondary N) is 1. The van der Waals surface area contributed by atoms with E-state index in [9.17, 15) is 9.90 Å². The lowest BCUT2D eigenvalue weighted by molar-refractivity contribution is -0.118. The van der Waals surface area contributed by atoms with Gasteiger partial charge in [-0.15, -0.1) is 11.8 Å². The van der Waals surface area contributed by atoms with Crippen molar-refractivity contribution in [2.75, 3.05) is 11.5 Å². The first kappa shape index (κ1) is 21.1. The zero-order valence-corrected chi connectivity index (χ0v) is 17.7. The van der Waals surface area contributed by atoms with E-state index in [1.165, 1.54) is 17.3 Å². The van der Waals surface area contributed by atoms with Crippen LogP contribution in [0.1, 0.15) is 34.2 Å². The Balaban J connectivity index is 1.47. The minimum Gasteiger partial charge on any atom is -0.388 e. The van der Waals surface area contributed by atoms with Gasteiger partial charge < -0.3 is 10.4 Å². The molecular formula is C23H27N3O2S. The van der Waals surface area contributed by atoms with Crippen LogP contribution in [0.25, 0.3) is 0 Å². The molecule has 1 atom stereocenters. The van der Waals surface area contributed by atoms with Crippen molar-refractivity contribution in [1.82, 2.24) is 15.1 Å². The van der Waals surface area contributed by atoms with Gasteiger partial charge in [-0.2, -0.15) is 5.10 Å². The number of aromatic nitrogens is 2. The number of aryl methyl sites for hydroxylation is 1. The Bertz CT molecular complexity index is 926. The van der Waals surface area contributed by atoms with Gasteiger partial charge in [-0.3, -0.25) is 9.48 Å². The molecule has 0 fully saturated rings. The molecule has 0 saturated heterocycles. The lowest BCUT2D eigenvalue weighted by Crippen LogP contribution is -2.25. The number of carbonyl (C=O) groups is 1. The zero-order valence-electron chi connectivity index (χ0n) is 16.8. The Morgan fingerprint density at radius 1 is 1.10 bits per heavy atom. The first-order chi connectivity index (χ1) is 14.0. The van der Waals surface area contributed by atoms with Crippen LogP contribution in [0.5, 0.6) is 0 Å². The number of hydrogen-bond donors (Lipinski definition) is 2. The number of aliphatic hydroxyl groups is 1. The highest BCUT2D eigenvalue weighted by atomic mass is 32.2. The average molecular weight is 410 g/mol. The highest BCUT2D eigenvalue weighted by Gasteiger charge is 2.13. The molecule has 3 rings (SSSR count). The fourth-order valence-corrected chi connectivity index (χ4v) is 3.99. The monoisotopic (exact) mass is 409 g/mol. The van der Waals surface area contributed by atoms with Crippen LogP contribution in [0.4, 0.5) is 0 Å². The summed E-state index contributed by atoms with van der Waals surface area (Å²) in [5, 5.41) is 17.8. The molecule has 0 radical (unpaired) electrons. The number of nitrogens with zero attached hydrogens (tertiary/aromatic N) is 2. The molecular weight excluding hydrogens is 382 g/mol. The number of rotatable bonds is 9. The van der Waals surface area contributed by atoms with Crippen LogP contribution in [0.2, 0.25) is 0 Å². The van der Waals surface area contributed by atoms with Crippen LogP contribution >= 0.6 is 11.8 Å². The van der Waals surface area contributed by atoms with Crippen molar-refractivity contribution in [3.63, 3.8) is 0 Å². The third kappa shape index (κ3) is 5.95. The molecule has 0 aliphatic carbocycles. The van der Waals surface area contributed by atoms with Crippen molar-refractivity contribution in [2.24, 2.45) is 0 Å². The molecule has 152 valence electrons. The second kappa shape index (κ2) is 10.3. The van der Waals surface area contributed by atoms with Gasteiger partial charge in [0.15, 0.2) is 0 Å². The Morgan fingerprint density at radius 2 is 1.76 bits per heavy atom. The number of amides is 1. The molecule has 0 aliphatic heterocycles. The number of aliphatic hydroxyl groups excluding tert-OH is 1. The molecule has 1 unspecified atom stereocenters. The van der Waals surface area contributed by atoms with Gasteiger partial charge in [0.2, 0.25) is 5.91 Å². The molecule has 6 heteroatoms. The first-order valence-electron chi connectivity index (χ1n) is 9.69. The molecule has 0 aliphatic rings. The third-order valence-electron chi connectivity index (χ3n) is 4.86. The Kier molecular flexibility index (Phi) is 7.49. The van der Waals surface area contributed by atoms with E-state index >= 15 is 0 Å². The summed E-state index contributed by atoms with van der Waals surface area (Å²) in [6.07, 6.45) is -0.560. The summed E-state index contributed by atoms with van der Waals surface area (Å²) in [6, 6.07) is 19.7. The van der Waals surface area contributed by atoms with Gasteiger partial charge in [-0.1, -0.05) is 60.7 Å². The van der Waals surface area contributed by atoms with Crippen LogP contribution in [0.15, 0.2) is 60.7 Å². The number of hydrogen-bond acceptors (Lipinski definition) is 4. The second-order valence-electron chi connectivity index (χ2n) is 7.01. The minimum atomic E-state index is -0.560. The van der Waals surface area contributed by atoms with Crippen LogP contribution in [-0.4, -0.2) is 32.3 Å². The van der Waals surface area contributed by atoms with Crippen molar-refractivity contribution in [1.29, 1.82) is 0 Å². The predicted molar refractivity (Wildman–Crippen MR) is 118 cm³/mol. The highest BCUT2D eigenvalue weighted by Crippen LogP contribution is 2.18. The van der Waals surface area contributed by atoms with Crippen molar-refractivity contribution >= 4 is 17.7 Å². The van der Waals surface area contributed by atoms with Crippen molar-refractivity contribution in [3.8, 4) is 0 Å². The third-order valence-corrected chi connectivity index (χ3v) is 5.88. The fourth-order valence-electron chi connectivity index (χ4n) is 3.17. The molecule has 3 aromatic rings. The molecule has 2 N–H and O–H groups in total. The van der Waals surface area contributed by atoms with E-state index in [1.54, 1.807) is 0 Å². The van der Waals surface area contributed by atoms with Crippen molar-refractivity contribution < 1.29 is 9.90 Å². The maximum atomic E-state index is 12.2. The largest absolute Gasteiger partial charge is 0.388 e. The van der Waals surface area contributed by atoms with E-state index in [2.05, 4.69) is 22.5 Å². The van der Waals surface area contributed by atoms with Crippen LogP contribution < -0.4 is 5.32 Å². The smallest absolute Gasteiger partial charge is 0.230 e. The van der Waals surface area contributed by atoms with E-state index < -0.39 is 6.10 Å². The summed E-state index contributed by atoms with van der Waals surface area (Å²) in [7, 11) is 0. The van der Waals surface area contributed by atoms with Gasteiger partial charge in [0.25, 0.3) is 0 Å². The SMILES string of the molecule is Cc1nn(Cc2ccccc2)c(C)c1CNC(=O)CSCC(O)c1ccccc1. The summed E-state index contributed by atoms with van der Waals surface area (Å²) in [6.45, 7) is 5.19. The predicted octanol–water partition coefficient (Wildman–Crippen LogP) is 3.63. The van der Waals surface area contributed by atoms with Crippen molar-refractivity contribution in [3.05, 3.63) is 88.7 Å². The lowest BCUT2D eigenvalue weighted by atomic mass is 10.1. The van der Waals surface area contributed by atoms with Gasteiger partial charge in [-0.25, -0.2) is 0 Å². The summed E-state index contributed by atoms with van der Waals surface area (Å²) >= 11 is 1.43. The lowest BCUT2D eigenvalue weighted by Gasteiger charge is -2.11. The normalized spacial score (nSPS) is 12.0. The molecule has 2 aromatic carbocycles. The molecule has 5 nitrogen and oxygen atoms in total. The number of benzene rings is 2. The fraction of sp³-hybridized carbons (Fsp3) is 0.304. The van der Waals surface area contributed by atoms with Gasteiger partial charge in [0.1, 0.15) is 0 Å². The maximum Gasteiger partial charge on any atom is 0.230 e. The summed E-state index contributed by atoms with van der Waals surface area (Å²) in [5.41, 5.74) is 5.13. The summed E-state index contributed by atoms with van der Waals surface area (Å²) < 4.78 is 1.98.